The van der Waals surface area contributed by atoms with Crippen molar-refractivity contribution in [3.63, 3.8) is 0 Å². The molecular formula is C9H4F6INO3. The zero-order valence-corrected chi connectivity index (χ0v) is 11.6. The third-order valence-electron chi connectivity index (χ3n) is 1.87. The maximum Gasteiger partial charge on any atom is 0.573 e. The van der Waals surface area contributed by atoms with E-state index in [9.17, 15) is 31.1 Å². The van der Waals surface area contributed by atoms with E-state index >= 15 is 0 Å². The van der Waals surface area contributed by atoms with E-state index in [1.807, 2.05) is 0 Å². The van der Waals surface area contributed by atoms with E-state index in [0.29, 0.717) is 0 Å². The van der Waals surface area contributed by atoms with Gasteiger partial charge in [0.05, 0.1) is 16.9 Å². The van der Waals surface area contributed by atoms with Crippen LogP contribution >= 0.6 is 22.6 Å². The Labute approximate surface area is 121 Å². The van der Waals surface area contributed by atoms with Crippen LogP contribution in [-0.2, 0) is 10.9 Å². The topological polar surface area (TPSA) is 48.4 Å². The molecule has 1 heterocycles. The minimum atomic E-state index is -5.19. The second kappa shape index (κ2) is 5.61. The molecule has 1 aromatic heterocycles. The van der Waals surface area contributed by atoms with Gasteiger partial charge in [0.25, 0.3) is 0 Å². The van der Waals surface area contributed by atoms with Crippen LogP contribution in [0.5, 0.6) is 5.75 Å². The second-order valence-corrected chi connectivity index (χ2v) is 4.28. The van der Waals surface area contributed by atoms with Crippen molar-refractivity contribution in [2.45, 2.75) is 12.5 Å². The lowest BCUT2D eigenvalue weighted by molar-refractivity contribution is -0.274. The van der Waals surface area contributed by atoms with E-state index in [1.54, 1.807) is 0 Å². The first-order valence-electron chi connectivity index (χ1n) is 4.57. The molecule has 0 saturated heterocycles. The molecule has 0 amide bonds. The normalized spacial score (nSPS) is 12.2. The smallest absolute Gasteiger partial charge is 0.465 e. The highest BCUT2D eigenvalue weighted by Crippen LogP contribution is 2.37. The highest BCUT2D eigenvalue weighted by Gasteiger charge is 2.40. The fourth-order valence-corrected chi connectivity index (χ4v) is 2.09. The fraction of sp³-hybridized carbons (Fsp3) is 0.333. The molecule has 0 unspecified atom stereocenters. The number of carbonyl (C=O) groups is 1. The van der Waals surface area contributed by atoms with Crippen molar-refractivity contribution in [3.8, 4) is 5.75 Å². The average Bonchev–Trinajstić information content (AvgIpc) is 2.24. The molecule has 0 bridgehead atoms. The quantitative estimate of drug-likeness (QED) is 0.423. The Morgan fingerprint density at radius 2 is 1.80 bits per heavy atom. The van der Waals surface area contributed by atoms with Gasteiger partial charge in [-0.15, -0.1) is 13.2 Å². The molecule has 0 aliphatic heterocycles. The highest BCUT2D eigenvalue weighted by atomic mass is 127. The first-order valence-corrected chi connectivity index (χ1v) is 5.65. The molecule has 4 nitrogen and oxygen atoms in total. The van der Waals surface area contributed by atoms with Gasteiger partial charge in [-0.2, -0.15) is 13.2 Å². The van der Waals surface area contributed by atoms with Crippen LogP contribution in [0.25, 0.3) is 0 Å². The van der Waals surface area contributed by atoms with Crippen molar-refractivity contribution in [2.75, 3.05) is 7.11 Å². The van der Waals surface area contributed by atoms with Crippen LogP contribution in [0.1, 0.15) is 16.1 Å². The number of pyridine rings is 1. The van der Waals surface area contributed by atoms with Crippen LogP contribution in [0.4, 0.5) is 26.3 Å². The SMILES string of the molecule is COC(=O)c1c(OC(F)(F)F)cnc(C(F)(F)F)c1I. The van der Waals surface area contributed by atoms with Crippen LogP contribution in [0, 0.1) is 3.57 Å². The van der Waals surface area contributed by atoms with Crippen LogP contribution < -0.4 is 4.74 Å². The molecule has 0 radical (unpaired) electrons. The lowest BCUT2D eigenvalue weighted by atomic mass is 10.2. The summed E-state index contributed by atoms with van der Waals surface area (Å²) in [5.74, 6) is -2.57. The summed E-state index contributed by atoms with van der Waals surface area (Å²) in [6.07, 6.45) is -9.95. The molecular weight excluding hydrogens is 411 g/mol. The summed E-state index contributed by atoms with van der Waals surface area (Å²) < 4.78 is 80.9. The van der Waals surface area contributed by atoms with Crippen molar-refractivity contribution in [2.24, 2.45) is 0 Å². The van der Waals surface area contributed by atoms with Crippen LogP contribution in [0.15, 0.2) is 6.20 Å². The van der Waals surface area contributed by atoms with Gasteiger partial charge in [0.1, 0.15) is 5.56 Å². The number of aromatic nitrogens is 1. The van der Waals surface area contributed by atoms with Crippen molar-refractivity contribution < 1.29 is 40.6 Å². The third-order valence-corrected chi connectivity index (χ3v) is 2.92. The lowest BCUT2D eigenvalue weighted by Gasteiger charge is -2.15. The number of hydrogen-bond acceptors (Lipinski definition) is 4. The lowest BCUT2D eigenvalue weighted by Crippen LogP contribution is -2.22. The molecule has 0 aliphatic rings. The van der Waals surface area contributed by atoms with E-state index in [-0.39, 0.29) is 6.20 Å². The summed E-state index contributed by atoms with van der Waals surface area (Å²) in [5.41, 5.74) is -2.50. The van der Waals surface area contributed by atoms with E-state index in [0.717, 1.165) is 29.7 Å². The monoisotopic (exact) mass is 415 g/mol. The summed E-state index contributed by atoms with van der Waals surface area (Å²) in [7, 11) is 0.809. The molecule has 0 atom stereocenters. The Kier molecular flexibility index (Phi) is 4.71. The molecule has 112 valence electrons. The van der Waals surface area contributed by atoms with Gasteiger partial charge in [-0.05, 0) is 22.6 Å². The Bertz CT molecular complexity index is 528. The molecule has 0 saturated carbocycles. The number of carbonyl (C=O) groups excluding carboxylic acids is 1. The zero-order chi connectivity index (χ0) is 15.7. The van der Waals surface area contributed by atoms with Crippen molar-refractivity contribution in [1.82, 2.24) is 4.98 Å². The number of esters is 1. The van der Waals surface area contributed by atoms with Crippen LogP contribution in [0.2, 0.25) is 0 Å². The van der Waals surface area contributed by atoms with Crippen LogP contribution in [0.3, 0.4) is 0 Å². The molecule has 11 heteroatoms. The van der Waals surface area contributed by atoms with Gasteiger partial charge >= 0.3 is 18.5 Å². The number of hydrogen-bond donors (Lipinski definition) is 0. The van der Waals surface area contributed by atoms with Crippen molar-refractivity contribution >= 4 is 28.6 Å². The Balaban J connectivity index is 3.48. The number of methoxy groups -OCH3 is 1. The fourth-order valence-electron chi connectivity index (χ4n) is 1.16. The minimum Gasteiger partial charge on any atom is -0.465 e. The molecule has 0 fully saturated rings. The van der Waals surface area contributed by atoms with Gasteiger partial charge in [0.15, 0.2) is 11.4 Å². The van der Waals surface area contributed by atoms with Gasteiger partial charge in [-0.3, -0.25) is 0 Å². The first kappa shape index (κ1) is 16.8. The molecule has 1 aromatic rings. The standard InChI is InChI=1S/C9H4F6INO3/c1-19-7(18)4-3(20-9(13,14)15)2-17-6(5(4)16)8(10,11)12/h2H,1H3. The van der Waals surface area contributed by atoms with Crippen molar-refractivity contribution in [1.29, 1.82) is 0 Å². The summed E-state index contributed by atoms with van der Waals surface area (Å²) in [4.78, 5) is 14.2. The summed E-state index contributed by atoms with van der Waals surface area (Å²) in [6.45, 7) is 0. The number of ether oxygens (including phenoxy) is 2. The summed E-state index contributed by atoms with van der Waals surface area (Å²) >= 11 is 1.05. The minimum absolute atomic E-state index is 0.171. The summed E-state index contributed by atoms with van der Waals surface area (Å²) in [5, 5.41) is 0. The number of halogens is 7. The number of nitrogens with zero attached hydrogens (tertiary/aromatic N) is 1. The molecule has 0 aromatic carbocycles. The predicted molar refractivity (Wildman–Crippen MR) is 60.0 cm³/mol. The summed E-state index contributed by atoms with van der Waals surface area (Å²) in [6, 6.07) is 0. The van der Waals surface area contributed by atoms with Gasteiger partial charge in [-0.25, -0.2) is 9.78 Å². The highest BCUT2D eigenvalue weighted by molar-refractivity contribution is 14.1. The van der Waals surface area contributed by atoms with E-state index in [2.05, 4.69) is 14.5 Å². The van der Waals surface area contributed by atoms with Gasteiger partial charge < -0.3 is 9.47 Å². The predicted octanol–water partition coefficient (Wildman–Crippen LogP) is 3.39. The largest absolute Gasteiger partial charge is 0.573 e. The molecule has 0 N–H and O–H groups in total. The Morgan fingerprint density at radius 1 is 1.25 bits per heavy atom. The van der Waals surface area contributed by atoms with E-state index in [1.165, 1.54) is 0 Å². The van der Waals surface area contributed by atoms with Gasteiger partial charge in [0.2, 0.25) is 0 Å². The number of alkyl halides is 6. The molecule has 0 aliphatic carbocycles. The third kappa shape index (κ3) is 3.86. The number of rotatable bonds is 2. The molecule has 0 spiro atoms. The Morgan fingerprint density at radius 3 is 2.20 bits per heavy atom. The first-order chi connectivity index (χ1) is 8.97. The van der Waals surface area contributed by atoms with Gasteiger partial charge in [-0.1, -0.05) is 0 Å². The Hall–Kier alpha value is -1.27. The zero-order valence-electron chi connectivity index (χ0n) is 9.40. The van der Waals surface area contributed by atoms with Gasteiger partial charge in [0, 0.05) is 0 Å². The molecule has 20 heavy (non-hydrogen) atoms. The van der Waals surface area contributed by atoms with E-state index in [4.69, 9.17) is 0 Å². The maximum atomic E-state index is 12.6. The molecule has 1 rings (SSSR count). The maximum absolute atomic E-state index is 12.6. The van der Waals surface area contributed by atoms with E-state index < -0.39 is 39.1 Å². The average molecular weight is 415 g/mol. The van der Waals surface area contributed by atoms with Crippen LogP contribution in [-0.4, -0.2) is 24.4 Å². The second-order valence-electron chi connectivity index (χ2n) is 3.20. The van der Waals surface area contributed by atoms with Crippen molar-refractivity contribution in [3.05, 3.63) is 21.0 Å².